The first-order valence-electron chi connectivity index (χ1n) is 6.34. The van der Waals surface area contributed by atoms with Crippen LogP contribution in [-0.4, -0.2) is 20.6 Å². The van der Waals surface area contributed by atoms with Gasteiger partial charge in [-0.25, -0.2) is 9.78 Å². The smallest absolute Gasteiger partial charge is 0.331 e. The number of allylic oxidation sites excluding steroid dienone is 3. The molecule has 104 valence electrons. The van der Waals surface area contributed by atoms with Crippen LogP contribution in [0.5, 0.6) is 0 Å². The van der Waals surface area contributed by atoms with Crippen LogP contribution in [0.25, 0.3) is 16.3 Å². The van der Waals surface area contributed by atoms with Crippen LogP contribution in [0.4, 0.5) is 0 Å². The molecule has 2 heterocycles. The number of carbonyl (C=O) groups is 1. The van der Waals surface area contributed by atoms with Gasteiger partial charge in [0.2, 0.25) is 0 Å². The summed E-state index contributed by atoms with van der Waals surface area (Å²) in [5.41, 5.74) is 2.76. The highest BCUT2D eigenvalue weighted by Crippen LogP contribution is 2.30. The summed E-state index contributed by atoms with van der Waals surface area (Å²) in [4.78, 5) is 15.1. The second-order valence-corrected chi connectivity index (χ2v) is 5.49. The summed E-state index contributed by atoms with van der Waals surface area (Å²) in [5, 5.41) is 20.9. The average Bonchev–Trinajstić information content (AvgIpc) is 3.16. The predicted octanol–water partition coefficient (Wildman–Crippen LogP) is 3.13. The Hall–Kier alpha value is -2.65. The molecule has 0 aromatic carbocycles. The number of carboxylic acid groups (broad SMARTS) is 1. The number of thiazole rings is 1. The van der Waals surface area contributed by atoms with Crippen LogP contribution in [0.1, 0.15) is 18.4 Å². The fourth-order valence-electron chi connectivity index (χ4n) is 2.26. The van der Waals surface area contributed by atoms with Crippen LogP contribution in [0.3, 0.4) is 0 Å². The van der Waals surface area contributed by atoms with Gasteiger partial charge in [0.15, 0.2) is 0 Å². The monoisotopic (exact) mass is 297 g/mol. The summed E-state index contributed by atoms with van der Waals surface area (Å²) in [5.74, 6) is -0.876. The minimum absolute atomic E-state index is 0.409. The molecule has 0 saturated heterocycles. The van der Waals surface area contributed by atoms with Crippen LogP contribution < -0.4 is 0 Å². The van der Waals surface area contributed by atoms with Crippen LogP contribution in [0.15, 0.2) is 41.7 Å². The molecule has 3 rings (SSSR count). The van der Waals surface area contributed by atoms with E-state index in [4.69, 9.17) is 5.11 Å². The Labute approximate surface area is 125 Å². The molecule has 1 aliphatic carbocycles. The fourth-order valence-corrected chi connectivity index (χ4v) is 2.92. The summed E-state index contributed by atoms with van der Waals surface area (Å²) < 4.78 is 1.88. The van der Waals surface area contributed by atoms with Gasteiger partial charge in [0.05, 0.1) is 5.56 Å². The van der Waals surface area contributed by atoms with Crippen molar-refractivity contribution in [1.29, 1.82) is 5.26 Å². The maximum Gasteiger partial charge on any atom is 0.331 e. The van der Waals surface area contributed by atoms with Crippen LogP contribution >= 0.6 is 11.3 Å². The number of carboxylic acids is 1. The van der Waals surface area contributed by atoms with Gasteiger partial charge >= 0.3 is 5.97 Å². The molecule has 0 saturated carbocycles. The minimum atomic E-state index is -0.876. The van der Waals surface area contributed by atoms with Gasteiger partial charge in [-0.1, -0.05) is 6.08 Å². The van der Waals surface area contributed by atoms with Gasteiger partial charge in [-0.2, -0.15) is 5.26 Å². The summed E-state index contributed by atoms with van der Waals surface area (Å²) in [6, 6.07) is 2.18. The summed E-state index contributed by atoms with van der Waals surface area (Å²) in [7, 11) is 0. The number of aromatic nitrogens is 2. The topological polar surface area (TPSA) is 78.9 Å². The van der Waals surface area contributed by atoms with Crippen LogP contribution in [0.2, 0.25) is 0 Å². The third-order valence-corrected chi connectivity index (χ3v) is 4.15. The molecule has 2 aromatic heterocycles. The lowest BCUT2D eigenvalue weighted by atomic mass is 10.0. The summed E-state index contributed by atoms with van der Waals surface area (Å²) >= 11 is 1.49. The first-order valence-corrected chi connectivity index (χ1v) is 7.22. The van der Waals surface area contributed by atoms with E-state index in [9.17, 15) is 10.1 Å². The first kappa shape index (κ1) is 13.3. The van der Waals surface area contributed by atoms with Gasteiger partial charge < -0.3 is 9.67 Å². The zero-order chi connectivity index (χ0) is 14.8. The lowest BCUT2D eigenvalue weighted by Gasteiger charge is -2.13. The van der Waals surface area contributed by atoms with E-state index in [-0.39, 0.29) is 0 Å². The Kier molecular flexibility index (Phi) is 3.42. The van der Waals surface area contributed by atoms with Gasteiger partial charge in [-0.05, 0) is 18.9 Å². The molecule has 0 unspecified atom stereocenters. The van der Waals surface area contributed by atoms with E-state index < -0.39 is 5.97 Å². The van der Waals surface area contributed by atoms with E-state index in [0.717, 1.165) is 16.3 Å². The molecule has 0 aliphatic heterocycles. The van der Waals surface area contributed by atoms with Crippen molar-refractivity contribution in [3.8, 4) is 16.6 Å². The van der Waals surface area contributed by atoms with Crippen molar-refractivity contribution in [2.24, 2.45) is 0 Å². The molecule has 2 aromatic rings. The maximum atomic E-state index is 10.9. The van der Waals surface area contributed by atoms with Gasteiger partial charge in [0, 0.05) is 40.8 Å². The third-order valence-electron chi connectivity index (χ3n) is 3.34. The van der Waals surface area contributed by atoms with E-state index in [2.05, 4.69) is 11.1 Å². The van der Waals surface area contributed by atoms with E-state index in [1.54, 1.807) is 24.5 Å². The predicted molar refractivity (Wildman–Crippen MR) is 79.5 cm³/mol. The van der Waals surface area contributed by atoms with E-state index in [1.165, 1.54) is 11.3 Å². The maximum absolute atomic E-state index is 10.9. The molecule has 0 spiro atoms. The highest BCUT2D eigenvalue weighted by atomic mass is 32.1. The standard InChI is InChI=1S/C15H11N3O2S/c16-7-11-8-18(9-13(11)14-17-5-6-21-14)12-3-1-10(2-4-12)15(19)20/h1,3,5-6,8-9H,2,4H2,(H,19,20). The van der Waals surface area contributed by atoms with Gasteiger partial charge in [0.1, 0.15) is 11.1 Å². The molecular formula is C15H11N3O2S. The third kappa shape index (κ3) is 2.51. The second kappa shape index (κ2) is 5.38. The van der Waals surface area contributed by atoms with Crippen LogP contribution in [-0.2, 0) is 4.79 Å². The van der Waals surface area contributed by atoms with Gasteiger partial charge in [-0.15, -0.1) is 11.3 Å². The Balaban J connectivity index is 1.98. The number of aliphatic carboxylic acids is 1. The van der Waals surface area contributed by atoms with Crippen molar-refractivity contribution >= 4 is 23.0 Å². The highest BCUT2D eigenvalue weighted by Gasteiger charge is 2.16. The van der Waals surface area contributed by atoms with Crippen molar-refractivity contribution in [3.63, 3.8) is 0 Å². The molecule has 5 nitrogen and oxygen atoms in total. The molecule has 0 bridgehead atoms. The number of rotatable bonds is 3. The van der Waals surface area contributed by atoms with E-state index in [0.29, 0.717) is 24.0 Å². The average molecular weight is 297 g/mol. The molecule has 1 N–H and O–H groups in total. The molecule has 21 heavy (non-hydrogen) atoms. The Bertz CT molecular complexity index is 791. The second-order valence-electron chi connectivity index (χ2n) is 4.60. The number of hydrogen-bond acceptors (Lipinski definition) is 4. The molecule has 6 heteroatoms. The Morgan fingerprint density at radius 3 is 2.81 bits per heavy atom. The van der Waals surface area contributed by atoms with Crippen molar-refractivity contribution < 1.29 is 9.90 Å². The lowest BCUT2D eigenvalue weighted by Crippen LogP contribution is -2.05. The van der Waals surface area contributed by atoms with Crippen molar-refractivity contribution in [2.45, 2.75) is 12.8 Å². The van der Waals surface area contributed by atoms with Gasteiger partial charge in [-0.3, -0.25) is 0 Å². The zero-order valence-electron chi connectivity index (χ0n) is 11.0. The van der Waals surface area contributed by atoms with E-state index >= 15 is 0 Å². The normalized spacial score (nSPS) is 14.2. The molecule has 0 amide bonds. The number of hydrogen-bond donors (Lipinski definition) is 1. The van der Waals surface area contributed by atoms with E-state index in [1.807, 2.05) is 16.1 Å². The molecule has 0 atom stereocenters. The van der Waals surface area contributed by atoms with Crippen molar-refractivity contribution in [1.82, 2.24) is 9.55 Å². The molecule has 0 fully saturated rings. The fraction of sp³-hybridized carbons (Fsp3) is 0.133. The first-order chi connectivity index (χ1) is 10.2. The summed E-state index contributed by atoms with van der Waals surface area (Å²) in [6.07, 6.45) is 9.89. The number of nitriles is 1. The van der Waals surface area contributed by atoms with Gasteiger partial charge in [0.25, 0.3) is 0 Å². The Morgan fingerprint density at radius 1 is 1.38 bits per heavy atom. The van der Waals surface area contributed by atoms with Crippen molar-refractivity contribution in [2.75, 3.05) is 0 Å². The summed E-state index contributed by atoms with van der Waals surface area (Å²) in [6.45, 7) is 0. The minimum Gasteiger partial charge on any atom is -0.478 e. The lowest BCUT2D eigenvalue weighted by molar-refractivity contribution is -0.132. The quantitative estimate of drug-likeness (QED) is 0.944. The number of nitrogens with zero attached hydrogens (tertiary/aromatic N) is 3. The SMILES string of the molecule is N#Cc1cn(C2=CC=C(C(=O)O)CC2)cc1-c1nccs1. The highest BCUT2D eigenvalue weighted by molar-refractivity contribution is 7.13. The largest absolute Gasteiger partial charge is 0.478 e. The molecule has 0 radical (unpaired) electrons. The Morgan fingerprint density at radius 2 is 2.24 bits per heavy atom. The zero-order valence-corrected chi connectivity index (χ0v) is 11.8. The molecule has 1 aliphatic rings. The van der Waals surface area contributed by atoms with Crippen LogP contribution in [0, 0.1) is 11.3 Å². The van der Waals surface area contributed by atoms with Crippen molar-refractivity contribution in [3.05, 3.63) is 47.3 Å². The molecular weight excluding hydrogens is 286 g/mol.